The van der Waals surface area contributed by atoms with Crippen molar-refractivity contribution in [1.29, 1.82) is 0 Å². The maximum Gasteiger partial charge on any atom is 0.329 e. The van der Waals surface area contributed by atoms with Gasteiger partial charge in [-0.3, -0.25) is 19.3 Å². The first-order chi connectivity index (χ1) is 18.7. The minimum Gasteiger partial charge on any atom is -0.454 e. The molecule has 2 bridgehead atoms. The van der Waals surface area contributed by atoms with Crippen molar-refractivity contribution in [2.75, 3.05) is 11.9 Å². The zero-order valence-corrected chi connectivity index (χ0v) is 23.3. The van der Waals surface area contributed by atoms with Gasteiger partial charge in [-0.05, 0) is 66.3 Å². The molecule has 198 valence electrons. The van der Waals surface area contributed by atoms with E-state index in [0.717, 1.165) is 42.8 Å². The first kappa shape index (κ1) is 25.5. The molecule has 1 saturated heterocycles. The molecule has 3 aromatic rings. The van der Waals surface area contributed by atoms with Crippen molar-refractivity contribution < 1.29 is 23.9 Å². The third kappa shape index (κ3) is 3.84. The fourth-order valence-electron chi connectivity index (χ4n) is 6.55. The molecule has 1 N–H and O–H groups in total. The van der Waals surface area contributed by atoms with Gasteiger partial charge < -0.3 is 10.1 Å². The number of anilines is 1. The van der Waals surface area contributed by atoms with E-state index in [4.69, 9.17) is 4.74 Å². The van der Waals surface area contributed by atoms with Crippen LogP contribution in [0.15, 0.2) is 65.1 Å². The van der Waals surface area contributed by atoms with Gasteiger partial charge in [-0.15, -0.1) is 0 Å². The number of esters is 1. The Morgan fingerprint density at radius 2 is 1.33 bits per heavy atom. The molecule has 39 heavy (non-hydrogen) atoms. The number of rotatable bonds is 5. The fraction of sp³-hybridized carbons (Fsp3) is 0.290. The maximum atomic E-state index is 13.8. The number of carbonyl (C=O) groups excluding carboxylic acids is 4. The van der Waals surface area contributed by atoms with E-state index in [1.54, 1.807) is 6.07 Å². The van der Waals surface area contributed by atoms with Gasteiger partial charge in [0.2, 0.25) is 11.8 Å². The molecule has 8 heteroatoms. The zero-order chi connectivity index (χ0) is 27.6. The molecule has 7 rings (SSSR count). The number of hydrogen-bond acceptors (Lipinski definition) is 5. The molecule has 3 aliphatic carbocycles. The molecule has 3 atom stereocenters. The van der Waals surface area contributed by atoms with Crippen molar-refractivity contribution in [3.63, 3.8) is 0 Å². The van der Waals surface area contributed by atoms with E-state index in [9.17, 15) is 19.2 Å². The number of ether oxygens (including phenoxy) is 1. The summed E-state index contributed by atoms with van der Waals surface area (Å²) in [5.41, 5.74) is 6.76. The largest absolute Gasteiger partial charge is 0.454 e. The van der Waals surface area contributed by atoms with Gasteiger partial charge in [-0.2, -0.15) is 0 Å². The highest BCUT2D eigenvalue weighted by molar-refractivity contribution is 9.10. The topological polar surface area (TPSA) is 92.8 Å². The van der Waals surface area contributed by atoms with E-state index < -0.39 is 36.4 Å². The summed E-state index contributed by atoms with van der Waals surface area (Å²) in [4.78, 5) is 54.2. The molecule has 0 radical (unpaired) electrons. The Labute approximate surface area is 234 Å². The summed E-state index contributed by atoms with van der Waals surface area (Å²) < 4.78 is 6.21. The molecule has 0 aromatic heterocycles. The van der Waals surface area contributed by atoms with Crippen LogP contribution in [0.1, 0.15) is 52.1 Å². The minimum atomic E-state index is -1.15. The van der Waals surface area contributed by atoms with Crippen LogP contribution in [0.25, 0.3) is 0 Å². The molecular weight excluding hydrogens is 560 g/mol. The van der Waals surface area contributed by atoms with Crippen molar-refractivity contribution in [1.82, 2.24) is 4.90 Å². The van der Waals surface area contributed by atoms with E-state index in [1.165, 1.54) is 6.92 Å². The van der Waals surface area contributed by atoms with Crippen molar-refractivity contribution in [3.8, 4) is 0 Å². The summed E-state index contributed by atoms with van der Waals surface area (Å²) in [6.45, 7) is 4.78. The molecule has 1 fully saturated rings. The average Bonchev–Trinajstić information content (AvgIpc) is 3.21. The monoisotopic (exact) mass is 586 g/mol. The summed E-state index contributed by atoms with van der Waals surface area (Å²) in [5, 5.41) is 2.76. The van der Waals surface area contributed by atoms with E-state index >= 15 is 0 Å². The average molecular weight is 587 g/mol. The number of likely N-dealkylation sites (tertiary alicyclic amines) is 1. The molecule has 0 saturated carbocycles. The van der Waals surface area contributed by atoms with Gasteiger partial charge in [0, 0.05) is 22.0 Å². The number of amides is 3. The van der Waals surface area contributed by atoms with E-state index in [-0.39, 0.29) is 23.7 Å². The second kappa shape index (κ2) is 9.45. The zero-order valence-electron chi connectivity index (χ0n) is 21.7. The lowest BCUT2D eigenvalue weighted by molar-refractivity contribution is -0.159. The molecule has 3 aromatic carbocycles. The smallest absolute Gasteiger partial charge is 0.329 e. The molecule has 1 aliphatic heterocycles. The lowest BCUT2D eigenvalue weighted by atomic mass is 9.55. The van der Waals surface area contributed by atoms with Gasteiger partial charge >= 0.3 is 5.97 Å². The Bertz CT molecular complexity index is 1450. The Balaban J connectivity index is 1.20. The van der Waals surface area contributed by atoms with Crippen LogP contribution < -0.4 is 5.32 Å². The Hall–Kier alpha value is -3.78. The van der Waals surface area contributed by atoms with Crippen LogP contribution in [0.2, 0.25) is 0 Å². The van der Waals surface area contributed by atoms with Crippen molar-refractivity contribution in [2.24, 2.45) is 11.8 Å². The second-order valence-electron chi connectivity index (χ2n) is 10.5. The highest BCUT2D eigenvalue weighted by Crippen LogP contribution is 2.61. The minimum absolute atomic E-state index is 0.250. The lowest BCUT2D eigenvalue weighted by Crippen LogP contribution is -2.45. The van der Waals surface area contributed by atoms with Crippen molar-refractivity contribution in [2.45, 2.75) is 38.6 Å². The second-order valence-corrected chi connectivity index (χ2v) is 11.3. The summed E-state index contributed by atoms with van der Waals surface area (Å²) in [7, 11) is 0. The lowest BCUT2D eigenvalue weighted by Gasteiger charge is -2.45. The summed E-state index contributed by atoms with van der Waals surface area (Å²) >= 11 is 3.46. The van der Waals surface area contributed by atoms with Crippen LogP contribution in [-0.4, -0.2) is 41.2 Å². The highest BCUT2D eigenvalue weighted by atomic mass is 79.9. The molecule has 4 aliphatic rings. The third-order valence-corrected chi connectivity index (χ3v) is 9.41. The first-order valence-electron chi connectivity index (χ1n) is 13.0. The van der Waals surface area contributed by atoms with E-state index in [0.29, 0.717) is 5.69 Å². The maximum absolute atomic E-state index is 13.8. The summed E-state index contributed by atoms with van der Waals surface area (Å²) in [5.74, 6) is -3.67. The first-order valence-corrected chi connectivity index (χ1v) is 13.8. The Morgan fingerprint density at radius 3 is 1.82 bits per heavy atom. The van der Waals surface area contributed by atoms with E-state index in [1.807, 2.05) is 68.4 Å². The van der Waals surface area contributed by atoms with Gasteiger partial charge in [0.05, 0.1) is 11.8 Å². The molecule has 1 heterocycles. The molecule has 0 unspecified atom stereocenters. The van der Waals surface area contributed by atoms with Crippen molar-refractivity contribution in [3.05, 3.63) is 98.5 Å². The van der Waals surface area contributed by atoms with Crippen LogP contribution in [0.5, 0.6) is 0 Å². The SMILES string of the molecule is Cc1c(Br)ccc(NC(=O)COC(=O)[C@H](C)N2C(=O)[C@@H]3C4c5ccccc5C(c5ccccc54)[C@@H]3C2=O)c1C. The van der Waals surface area contributed by atoms with Crippen LogP contribution in [-0.2, 0) is 23.9 Å². The number of imide groups is 1. The van der Waals surface area contributed by atoms with Crippen LogP contribution in [0, 0.1) is 25.7 Å². The van der Waals surface area contributed by atoms with Gasteiger partial charge in [0.25, 0.3) is 5.91 Å². The number of benzene rings is 3. The normalized spacial score (nSPS) is 23.1. The molecular formula is C31H27BrN2O5. The van der Waals surface area contributed by atoms with E-state index in [2.05, 4.69) is 21.2 Å². The summed E-state index contributed by atoms with van der Waals surface area (Å²) in [6, 6.07) is 18.4. The van der Waals surface area contributed by atoms with Crippen LogP contribution in [0.4, 0.5) is 5.69 Å². The molecule has 3 amide bonds. The number of nitrogens with zero attached hydrogens (tertiary/aromatic N) is 1. The molecule has 0 spiro atoms. The van der Waals surface area contributed by atoms with Crippen LogP contribution in [0.3, 0.4) is 0 Å². The molecule has 7 nitrogen and oxygen atoms in total. The van der Waals surface area contributed by atoms with Gasteiger partial charge in [-0.25, -0.2) is 4.79 Å². The predicted octanol–water partition coefficient (Wildman–Crippen LogP) is 4.83. The van der Waals surface area contributed by atoms with Gasteiger partial charge in [-0.1, -0.05) is 64.5 Å². The fourth-order valence-corrected chi connectivity index (χ4v) is 6.98. The number of nitrogens with one attached hydrogen (secondary N) is 1. The quantitative estimate of drug-likeness (QED) is 0.341. The Kier molecular flexibility index (Phi) is 6.18. The van der Waals surface area contributed by atoms with Gasteiger partial charge in [0.1, 0.15) is 6.04 Å². The number of hydrogen-bond donors (Lipinski definition) is 1. The standard InChI is InChI=1S/C31H27BrN2O5/c1-15-16(2)23(13-12-22(15)32)33-24(35)14-39-31(38)17(3)34-29(36)27-25-18-8-4-5-9-19(18)26(28(27)30(34)37)21-11-7-6-10-20(21)25/h4-13,17,25-28H,14H2,1-3H3,(H,33,35)/t17-,25?,26?,27-,28+/m0/s1. The highest BCUT2D eigenvalue weighted by Gasteiger charge is 2.62. The number of halogens is 1. The van der Waals surface area contributed by atoms with Crippen LogP contribution >= 0.6 is 15.9 Å². The van der Waals surface area contributed by atoms with Gasteiger partial charge in [0.15, 0.2) is 6.61 Å². The number of carbonyl (C=O) groups is 4. The predicted molar refractivity (Wildman–Crippen MR) is 148 cm³/mol. The summed E-state index contributed by atoms with van der Waals surface area (Å²) in [6.07, 6.45) is 0. The van der Waals surface area contributed by atoms with Crippen molar-refractivity contribution >= 4 is 45.3 Å². The Morgan fingerprint density at radius 1 is 0.846 bits per heavy atom. The third-order valence-electron chi connectivity index (χ3n) is 8.55.